The molecule has 8 N–H and O–H groups in total. The molecule has 0 aliphatic carbocycles. The molecular formula is C25H38N9O15P3. The molecule has 5 atom stereocenters. The van der Waals surface area contributed by atoms with E-state index in [1.807, 2.05) is 23.6 Å². The number of anilines is 1. The molecular weight excluding hydrogens is 759 g/mol. The summed E-state index contributed by atoms with van der Waals surface area (Å²) < 4.78 is 54.3. The Morgan fingerprint density at radius 1 is 1.10 bits per heavy atom. The maximum Gasteiger partial charge on any atom is 0.490 e. The number of aliphatic hydroxyl groups excluding tert-OH is 1. The molecule has 4 rings (SSSR count). The SMILES string of the molecule is CN(C)CCCCn1cnc2c(NCCNC(=O)/C=C/c3cn(C4CC(O)C(COP(=O)(O)OP(=O)(O)OP(=O)(O)O)O4)c(=O)[nH]c3=O)ncnc21. The highest BCUT2D eigenvalue weighted by Gasteiger charge is 2.43. The number of unbranched alkanes of at least 4 members (excludes halogenated alkanes) is 1. The molecule has 24 nitrogen and oxygen atoms in total. The van der Waals surface area contributed by atoms with Crippen molar-refractivity contribution in [2.75, 3.05) is 45.7 Å². The zero-order valence-electron chi connectivity index (χ0n) is 27.6. The number of aryl methyl sites for hydroxylation is 1. The maximum atomic E-state index is 12.5. The van der Waals surface area contributed by atoms with Crippen LogP contribution in [0.4, 0.5) is 5.82 Å². The maximum absolute atomic E-state index is 12.5. The van der Waals surface area contributed by atoms with Crippen molar-refractivity contribution in [2.45, 2.75) is 44.2 Å². The second-order valence-corrected chi connectivity index (χ2v) is 15.9. The minimum atomic E-state index is -5.77. The number of rotatable bonds is 19. The van der Waals surface area contributed by atoms with Crippen LogP contribution in [-0.4, -0.2) is 117 Å². The topological polar surface area (TPSA) is 332 Å². The lowest BCUT2D eigenvalue weighted by Gasteiger charge is -2.19. The average molecular weight is 798 g/mol. The highest BCUT2D eigenvalue weighted by molar-refractivity contribution is 7.66. The van der Waals surface area contributed by atoms with E-state index in [9.17, 15) is 43.0 Å². The van der Waals surface area contributed by atoms with Crippen molar-refractivity contribution in [3.8, 4) is 0 Å². The number of imidazole rings is 1. The number of nitrogens with zero attached hydrogens (tertiary/aromatic N) is 6. The summed E-state index contributed by atoms with van der Waals surface area (Å²) in [4.78, 5) is 90.7. The first-order chi connectivity index (χ1) is 24.3. The van der Waals surface area contributed by atoms with E-state index >= 15 is 0 Å². The second kappa shape index (κ2) is 17.6. The van der Waals surface area contributed by atoms with Crippen LogP contribution in [0.3, 0.4) is 0 Å². The van der Waals surface area contributed by atoms with Crippen molar-refractivity contribution in [3.05, 3.63) is 51.3 Å². The largest absolute Gasteiger partial charge is 0.490 e. The number of carbonyl (C=O) groups is 1. The van der Waals surface area contributed by atoms with E-state index in [1.165, 1.54) is 6.33 Å². The molecule has 1 saturated heterocycles. The van der Waals surface area contributed by atoms with Crippen molar-refractivity contribution in [3.63, 3.8) is 0 Å². The van der Waals surface area contributed by atoms with Crippen molar-refractivity contribution in [1.29, 1.82) is 0 Å². The fourth-order valence-electron chi connectivity index (χ4n) is 4.82. The number of aromatic amines is 1. The van der Waals surface area contributed by atoms with Gasteiger partial charge in [0.15, 0.2) is 11.5 Å². The van der Waals surface area contributed by atoms with Gasteiger partial charge in [0.2, 0.25) is 5.91 Å². The number of fused-ring (bicyclic) bond motifs is 1. The van der Waals surface area contributed by atoms with E-state index < -0.39 is 65.7 Å². The van der Waals surface area contributed by atoms with Gasteiger partial charge in [-0.05, 0) is 39.6 Å². The van der Waals surface area contributed by atoms with E-state index in [2.05, 4.69) is 43.6 Å². The van der Waals surface area contributed by atoms with Crippen LogP contribution >= 0.6 is 23.5 Å². The number of hydrogen-bond acceptors (Lipinski definition) is 16. The first-order valence-corrected chi connectivity index (χ1v) is 19.8. The van der Waals surface area contributed by atoms with Crippen molar-refractivity contribution in [1.82, 2.24) is 39.3 Å². The predicted molar refractivity (Wildman–Crippen MR) is 179 cm³/mol. The van der Waals surface area contributed by atoms with E-state index in [0.717, 1.165) is 48.8 Å². The standard InChI is InChI=1S/C25H38N9O15P3/c1-32(2)9-3-4-10-33-15-30-21-22(28-14-29-23(21)33)27-8-7-26-19(36)6-5-16-12-34(25(38)31-24(16)37)20-11-17(35)18(47-20)13-46-51(42,43)49-52(44,45)48-50(39,40)41/h5-6,12,14-15,17-18,20,35H,3-4,7-11,13H2,1-2H3,(H,26,36)(H,42,43)(H,44,45)(H,27,28,29)(H,31,37,38)(H2,39,40,41)/b6-5+. The van der Waals surface area contributed by atoms with Crippen LogP contribution in [0.15, 0.2) is 34.5 Å². The molecule has 5 unspecified atom stereocenters. The number of amides is 1. The van der Waals surface area contributed by atoms with E-state index in [1.54, 1.807) is 6.33 Å². The summed E-state index contributed by atoms with van der Waals surface area (Å²) in [5.74, 6) is -0.0843. The predicted octanol–water partition coefficient (Wildman–Crippen LogP) is -0.749. The van der Waals surface area contributed by atoms with E-state index in [4.69, 9.17) is 14.5 Å². The van der Waals surface area contributed by atoms with Gasteiger partial charge >= 0.3 is 29.2 Å². The molecule has 0 radical (unpaired) electrons. The molecule has 3 aromatic heterocycles. The molecule has 0 aromatic carbocycles. The summed E-state index contributed by atoms with van der Waals surface area (Å²) in [6, 6.07) is 0. The molecule has 1 aliphatic heterocycles. The fourth-order valence-corrected chi connectivity index (χ4v) is 7.85. The van der Waals surface area contributed by atoms with Gasteiger partial charge in [-0.2, -0.15) is 8.62 Å². The third-order valence-electron chi connectivity index (χ3n) is 7.11. The third-order valence-corrected chi connectivity index (χ3v) is 10.9. The molecule has 3 aromatic rings. The Morgan fingerprint density at radius 3 is 2.56 bits per heavy atom. The van der Waals surface area contributed by atoms with Crippen molar-refractivity contribution in [2.24, 2.45) is 0 Å². The highest BCUT2D eigenvalue weighted by atomic mass is 31.3. The van der Waals surface area contributed by atoms with E-state index in [-0.39, 0.29) is 25.1 Å². The molecule has 1 fully saturated rings. The van der Waals surface area contributed by atoms with Gasteiger partial charge in [0.1, 0.15) is 24.2 Å². The Balaban J connectivity index is 1.29. The Bertz CT molecular complexity index is 2010. The normalized spacial score (nSPS) is 20.3. The highest BCUT2D eigenvalue weighted by Crippen LogP contribution is 2.66. The van der Waals surface area contributed by atoms with Gasteiger partial charge in [-0.1, -0.05) is 0 Å². The number of aliphatic hydroxyl groups is 1. The van der Waals surface area contributed by atoms with Gasteiger partial charge in [-0.25, -0.2) is 33.4 Å². The number of aromatic nitrogens is 6. The molecule has 288 valence electrons. The summed E-state index contributed by atoms with van der Waals surface area (Å²) >= 11 is 0. The Kier molecular flexibility index (Phi) is 14.0. The Labute approximate surface area is 293 Å². The summed E-state index contributed by atoms with van der Waals surface area (Å²) in [6.45, 7) is 1.19. The number of phosphoric acid groups is 3. The second-order valence-electron chi connectivity index (χ2n) is 11.5. The number of H-pyrrole nitrogens is 1. The van der Waals surface area contributed by atoms with Crippen LogP contribution in [0.5, 0.6) is 0 Å². The number of carbonyl (C=O) groups excluding carboxylic acids is 1. The molecule has 0 saturated carbocycles. The van der Waals surface area contributed by atoms with Crippen LogP contribution in [0.2, 0.25) is 0 Å². The van der Waals surface area contributed by atoms with Crippen molar-refractivity contribution < 1.29 is 61.1 Å². The van der Waals surface area contributed by atoms with Crippen molar-refractivity contribution >= 4 is 52.4 Å². The smallest absolute Gasteiger partial charge is 0.390 e. The molecule has 52 heavy (non-hydrogen) atoms. The van der Waals surface area contributed by atoms with Crippen LogP contribution in [-0.2, 0) is 42.9 Å². The zero-order valence-corrected chi connectivity index (χ0v) is 30.3. The number of ether oxygens (including phenoxy) is 1. The molecule has 1 aliphatic rings. The lowest BCUT2D eigenvalue weighted by Crippen LogP contribution is -2.33. The molecule has 0 bridgehead atoms. The summed E-state index contributed by atoms with van der Waals surface area (Å²) in [5, 5.41) is 16.1. The van der Waals surface area contributed by atoms with Crippen LogP contribution < -0.4 is 21.9 Å². The minimum absolute atomic E-state index is 0.150. The average Bonchev–Trinajstić information content (AvgIpc) is 3.61. The first-order valence-electron chi connectivity index (χ1n) is 15.3. The summed E-state index contributed by atoms with van der Waals surface area (Å²) in [5.41, 5.74) is -0.698. The van der Waals surface area contributed by atoms with Crippen LogP contribution in [0, 0.1) is 0 Å². The Morgan fingerprint density at radius 2 is 1.85 bits per heavy atom. The number of hydrogen-bond donors (Lipinski definition) is 8. The number of nitrogens with one attached hydrogen (secondary N) is 3. The third kappa shape index (κ3) is 12.3. The van der Waals surface area contributed by atoms with Crippen LogP contribution in [0.25, 0.3) is 17.2 Å². The zero-order chi connectivity index (χ0) is 38.3. The molecule has 1 amide bonds. The van der Waals surface area contributed by atoms with Gasteiger partial charge in [-0.3, -0.25) is 23.7 Å². The molecule has 27 heteroatoms. The summed E-state index contributed by atoms with van der Waals surface area (Å²) in [7, 11) is -12.8. The quantitative estimate of drug-likeness (QED) is 0.0420. The molecule has 0 spiro atoms. The van der Waals surface area contributed by atoms with Gasteiger partial charge in [0.05, 0.1) is 24.6 Å². The summed E-state index contributed by atoms with van der Waals surface area (Å²) in [6.07, 6.45) is 3.90. The van der Waals surface area contributed by atoms with Gasteiger partial charge in [0, 0.05) is 38.3 Å². The van der Waals surface area contributed by atoms with Gasteiger partial charge in [0.25, 0.3) is 5.56 Å². The minimum Gasteiger partial charge on any atom is -0.390 e. The fraction of sp³-hybridized carbons (Fsp3) is 0.520. The first kappa shape index (κ1) is 41.3. The Hall–Kier alpha value is -3.47. The van der Waals surface area contributed by atoms with E-state index in [0.29, 0.717) is 17.0 Å². The monoisotopic (exact) mass is 797 g/mol. The molecule has 4 heterocycles. The lowest BCUT2D eigenvalue weighted by atomic mass is 10.2. The van der Waals surface area contributed by atoms with Gasteiger partial charge < -0.3 is 49.5 Å². The number of phosphoric ester groups is 1. The van der Waals surface area contributed by atoms with Gasteiger partial charge in [-0.15, -0.1) is 0 Å². The lowest BCUT2D eigenvalue weighted by molar-refractivity contribution is -0.116. The van der Waals surface area contributed by atoms with Crippen LogP contribution in [0.1, 0.15) is 31.1 Å².